The van der Waals surface area contributed by atoms with Crippen molar-refractivity contribution in [3.63, 3.8) is 0 Å². The molecule has 4 aliphatic heterocycles. The molecule has 0 spiro atoms. The van der Waals surface area contributed by atoms with E-state index in [9.17, 15) is 34.2 Å². The van der Waals surface area contributed by atoms with E-state index in [-0.39, 0.29) is 44.8 Å². The number of phenolic OH excluding ortho intramolecular Hbond substituents is 1. The highest BCUT2D eigenvalue weighted by atomic mass is 16.5. The molecule has 5 heterocycles. The first-order valence-corrected chi connectivity index (χ1v) is 24.3. The summed E-state index contributed by atoms with van der Waals surface area (Å²) in [5.74, 6) is -3.29. The lowest BCUT2D eigenvalue weighted by atomic mass is 9.84. The van der Waals surface area contributed by atoms with Crippen LogP contribution in [0.3, 0.4) is 0 Å². The molecule has 3 saturated heterocycles. The van der Waals surface area contributed by atoms with Crippen LogP contribution >= 0.6 is 0 Å². The minimum Gasteiger partial charge on any atom is -0.508 e. The van der Waals surface area contributed by atoms with Crippen LogP contribution in [0.1, 0.15) is 65.0 Å². The highest BCUT2D eigenvalue weighted by Gasteiger charge is 2.48. The number of amides is 4. The molecule has 0 saturated carbocycles. The third-order valence-electron chi connectivity index (χ3n) is 14.1. The molecule has 4 N–H and O–H groups in total. The van der Waals surface area contributed by atoms with E-state index in [1.165, 1.54) is 21.9 Å². The summed E-state index contributed by atoms with van der Waals surface area (Å²) in [7, 11) is 1.43. The van der Waals surface area contributed by atoms with Crippen LogP contribution in [0.15, 0.2) is 73.3 Å². The van der Waals surface area contributed by atoms with E-state index in [1.54, 1.807) is 26.0 Å². The zero-order chi connectivity index (χ0) is 49.4. The number of likely N-dealkylation sites (N-methyl/N-ethyl adjacent to an activating group) is 1. The molecular formula is C53H67N7O9. The Kier molecular flexibility index (Phi) is 14.3. The molecule has 0 unspecified atom stereocenters. The molecule has 4 atom stereocenters. The number of aliphatic hydroxyl groups is 1. The fourth-order valence-electron chi connectivity index (χ4n) is 10.7. The van der Waals surface area contributed by atoms with E-state index >= 15 is 0 Å². The Morgan fingerprint density at radius 1 is 1.01 bits per heavy atom. The highest BCUT2D eigenvalue weighted by molar-refractivity contribution is 5.98. The van der Waals surface area contributed by atoms with Gasteiger partial charge in [0.25, 0.3) is 11.8 Å². The molecule has 0 radical (unpaired) electrons. The van der Waals surface area contributed by atoms with Crippen molar-refractivity contribution in [3.8, 4) is 28.1 Å². The lowest BCUT2D eigenvalue weighted by Crippen LogP contribution is -2.63. The van der Waals surface area contributed by atoms with Gasteiger partial charge in [0, 0.05) is 80.2 Å². The standard InChI is InChI=1S/C53H67N7O9/c1-8-45(62)58-20-18-53(67,31-58)51(66)56(7)46(33(3)4)48(63)54-42-27-34-25-36(28-37(61)26-34)35-16-17-44-39(29-35)40(30-52(5,6)32-69-50(65)41-14-12-19-60(55-41)49(42)64)47(59(44)9-2)38-13-10-11-15-43(38)57-21-23-68-24-22-57/h8,10-11,13,15-17,25-26,28-29,33,41-42,46,55,61,67H,1,9,12,14,18-24,27,30-32H2,2-7H3,(H,54,63)/t41-,42-,46-,53-/m0/s1. The van der Waals surface area contributed by atoms with Crippen molar-refractivity contribution >= 4 is 46.2 Å². The zero-order valence-corrected chi connectivity index (χ0v) is 40.8. The topological polar surface area (TPSA) is 186 Å². The van der Waals surface area contributed by atoms with Gasteiger partial charge >= 0.3 is 5.97 Å². The number of fused-ring (bicyclic) bond motifs is 6. The fraction of sp³-hybridized carbons (Fsp3) is 0.491. The molecule has 69 heavy (non-hydrogen) atoms. The second-order valence-corrected chi connectivity index (χ2v) is 20.2. The number of β-amino-alcohol motifs (C(OH)–C–C–N with tert-alkyl or cyclic N) is 1. The average Bonchev–Trinajstić information content (AvgIpc) is 3.89. The number of hydrazine groups is 1. The van der Waals surface area contributed by atoms with Crippen molar-refractivity contribution in [2.24, 2.45) is 11.3 Å². The predicted molar refractivity (Wildman–Crippen MR) is 263 cm³/mol. The number of anilines is 1. The molecule has 4 amide bonds. The molecule has 16 heteroatoms. The van der Waals surface area contributed by atoms with Crippen LogP contribution in [0.4, 0.5) is 5.69 Å². The molecule has 1 aromatic heterocycles. The average molecular weight is 946 g/mol. The highest BCUT2D eigenvalue weighted by Crippen LogP contribution is 2.43. The van der Waals surface area contributed by atoms with Crippen molar-refractivity contribution in [2.45, 2.75) is 97.0 Å². The number of aryl methyl sites for hydroxylation is 1. The summed E-state index contributed by atoms with van der Waals surface area (Å²) in [5.41, 5.74) is 8.21. The monoisotopic (exact) mass is 946 g/mol. The number of rotatable bonds is 9. The van der Waals surface area contributed by atoms with Gasteiger partial charge in [-0.25, -0.2) is 5.43 Å². The van der Waals surface area contributed by atoms with Crippen LogP contribution in [0.2, 0.25) is 0 Å². The maximum absolute atomic E-state index is 14.8. The minimum atomic E-state index is -1.93. The number of nitrogens with one attached hydrogen (secondary N) is 2. The number of carbonyl (C=O) groups excluding carboxylic acids is 5. The molecule has 8 rings (SSSR count). The quantitative estimate of drug-likeness (QED) is 0.133. The van der Waals surface area contributed by atoms with Crippen molar-refractivity contribution in [1.29, 1.82) is 0 Å². The van der Waals surface area contributed by atoms with Crippen LogP contribution in [-0.4, -0.2) is 143 Å². The SMILES string of the molecule is C=CC(=O)N1CC[C@@](O)(C(=O)N(C)[C@H](C(=O)N[C@H]2Cc3cc(O)cc(c3)-c3ccc4c(c3)c(c(-c3ccccc3N3CCOCC3)n4CC)CC(C)(C)COC(=O)[C@@H]3CCCN(N3)C2=O)C(C)C)C1. The summed E-state index contributed by atoms with van der Waals surface area (Å²) < 4.78 is 14.2. The number of likely N-dealkylation sites (tertiary alicyclic amines) is 1. The summed E-state index contributed by atoms with van der Waals surface area (Å²) in [6, 6.07) is 16.8. The number of aromatic nitrogens is 1. The summed E-state index contributed by atoms with van der Waals surface area (Å²) in [6.45, 7) is 17.1. The van der Waals surface area contributed by atoms with E-state index in [1.807, 2.05) is 12.1 Å². The van der Waals surface area contributed by atoms with E-state index in [0.717, 1.165) is 58.1 Å². The number of esters is 1. The van der Waals surface area contributed by atoms with Gasteiger partial charge in [-0.2, -0.15) is 0 Å². The largest absolute Gasteiger partial charge is 0.508 e. The number of carbonyl (C=O) groups is 5. The molecule has 3 aromatic carbocycles. The maximum atomic E-state index is 14.8. The summed E-state index contributed by atoms with van der Waals surface area (Å²) in [4.78, 5) is 74.6. The number of ether oxygens (including phenoxy) is 2. The number of benzene rings is 3. The Morgan fingerprint density at radius 2 is 1.77 bits per heavy atom. The molecule has 3 fully saturated rings. The third-order valence-corrected chi connectivity index (χ3v) is 14.1. The number of phenols is 1. The number of hydrogen-bond acceptors (Lipinski definition) is 11. The van der Waals surface area contributed by atoms with Crippen LogP contribution in [0.25, 0.3) is 33.3 Å². The Balaban J connectivity index is 1.20. The number of cyclic esters (lactones) is 1. The zero-order valence-electron chi connectivity index (χ0n) is 40.8. The molecule has 0 aliphatic carbocycles. The molecular weight excluding hydrogens is 879 g/mol. The molecule has 368 valence electrons. The van der Waals surface area contributed by atoms with Gasteiger partial charge in [-0.3, -0.25) is 29.0 Å². The van der Waals surface area contributed by atoms with Gasteiger partial charge in [0.1, 0.15) is 23.9 Å². The number of morpholine rings is 1. The van der Waals surface area contributed by atoms with Gasteiger partial charge in [0.2, 0.25) is 11.8 Å². The lowest BCUT2D eigenvalue weighted by molar-refractivity contribution is -0.156. The Bertz CT molecular complexity index is 2640. The van der Waals surface area contributed by atoms with Gasteiger partial charge < -0.3 is 44.3 Å². The van der Waals surface area contributed by atoms with Crippen molar-refractivity contribution < 1.29 is 43.7 Å². The first kappa shape index (κ1) is 49.2. The number of aromatic hydroxyl groups is 1. The van der Waals surface area contributed by atoms with Crippen molar-refractivity contribution in [2.75, 3.05) is 64.5 Å². The van der Waals surface area contributed by atoms with E-state index in [2.05, 4.69) is 84.0 Å². The van der Waals surface area contributed by atoms with Crippen LogP contribution in [0.5, 0.6) is 5.75 Å². The number of nitrogens with zero attached hydrogens (tertiary/aromatic N) is 5. The van der Waals surface area contributed by atoms with Gasteiger partial charge in [0.15, 0.2) is 5.60 Å². The second kappa shape index (κ2) is 20.0. The van der Waals surface area contributed by atoms with Crippen LogP contribution < -0.4 is 15.6 Å². The van der Waals surface area contributed by atoms with E-state index in [0.29, 0.717) is 50.1 Å². The van der Waals surface area contributed by atoms with Gasteiger partial charge in [0.05, 0.1) is 32.1 Å². The van der Waals surface area contributed by atoms with Gasteiger partial charge in [-0.1, -0.05) is 64.6 Å². The minimum absolute atomic E-state index is 0.0203. The number of hydrogen-bond donors (Lipinski definition) is 4. The van der Waals surface area contributed by atoms with E-state index < -0.39 is 64.7 Å². The smallest absolute Gasteiger partial charge is 0.324 e. The fourth-order valence-corrected chi connectivity index (χ4v) is 10.7. The molecule has 16 nitrogen and oxygen atoms in total. The maximum Gasteiger partial charge on any atom is 0.324 e. The van der Waals surface area contributed by atoms with Crippen LogP contribution in [-0.2, 0) is 52.8 Å². The van der Waals surface area contributed by atoms with Crippen LogP contribution in [0, 0.1) is 11.3 Å². The Labute approximate surface area is 404 Å². The predicted octanol–water partition coefficient (Wildman–Crippen LogP) is 4.82. The first-order chi connectivity index (χ1) is 32.9. The first-order valence-electron chi connectivity index (χ1n) is 24.3. The summed E-state index contributed by atoms with van der Waals surface area (Å²) >= 11 is 0. The molecule has 4 aliphatic rings. The van der Waals surface area contributed by atoms with Crippen molar-refractivity contribution in [3.05, 3.63) is 84.4 Å². The number of para-hydroxylation sites is 1. The Morgan fingerprint density at radius 3 is 2.49 bits per heavy atom. The Hall–Kier alpha value is -6.23. The van der Waals surface area contributed by atoms with Gasteiger partial charge in [-0.15, -0.1) is 0 Å². The molecule has 4 aromatic rings. The lowest BCUT2D eigenvalue weighted by Gasteiger charge is -2.37. The normalized spacial score (nSPS) is 22.5. The molecule has 6 bridgehead atoms. The van der Waals surface area contributed by atoms with E-state index in [4.69, 9.17) is 9.47 Å². The second-order valence-electron chi connectivity index (χ2n) is 20.2. The third kappa shape index (κ3) is 10.1. The summed E-state index contributed by atoms with van der Waals surface area (Å²) in [6.07, 6.45) is 2.53. The van der Waals surface area contributed by atoms with Gasteiger partial charge in [-0.05, 0) is 90.8 Å². The summed E-state index contributed by atoms with van der Waals surface area (Å²) in [5, 5.41) is 28.2. The van der Waals surface area contributed by atoms with Crippen molar-refractivity contribution in [1.82, 2.24) is 30.1 Å².